The minimum absolute atomic E-state index is 0.401. The Morgan fingerprint density at radius 3 is 2.42 bits per heavy atom. The van der Waals surface area contributed by atoms with Gasteiger partial charge in [0.1, 0.15) is 14.1 Å². The Labute approximate surface area is 75.7 Å². The molecule has 0 spiro atoms. The molecule has 0 aliphatic carbocycles. The summed E-state index contributed by atoms with van der Waals surface area (Å²) in [5, 5.41) is -0.401. The summed E-state index contributed by atoms with van der Waals surface area (Å²) in [4.78, 5) is 0. The van der Waals surface area contributed by atoms with Crippen molar-refractivity contribution in [2.75, 3.05) is 6.61 Å². The van der Waals surface area contributed by atoms with Gasteiger partial charge in [0.05, 0.1) is 0 Å². The van der Waals surface area contributed by atoms with Gasteiger partial charge in [-0.3, -0.25) is 0 Å². The third kappa shape index (κ3) is 1.86. The fourth-order valence-electron chi connectivity index (χ4n) is 1.60. The molecule has 1 aliphatic heterocycles. The van der Waals surface area contributed by atoms with Gasteiger partial charge in [-0.2, -0.15) is 0 Å². The molecule has 1 fully saturated rings. The van der Waals surface area contributed by atoms with E-state index < -0.39 is 14.1 Å². The van der Waals surface area contributed by atoms with Crippen LogP contribution < -0.4 is 5.73 Å². The molecule has 0 aromatic carbocycles. The lowest BCUT2D eigenvalue weighted by molar-refractivity contribution is -0.0169. The molecule has 1 atom stereocenters. The first kappa shape index (κ1) is 9.70. The molecule has 0 radical (unpaired) electrons. The Hall–Kier alpha value is -0.383. The quantitative estimate of drug-likeness (QED) is 0.664. The van der Waals surface area contributed by atoms with Crippen LogP contribution in [0, 0.1) is 0 Å². The summed E-state index contributed by atoms with van der Waals surface area (Å²) in [6.07, 6.45) is 3.26. The Balaban J connectivity index is 2.65. The summed E-state index contributed by atoms with van der Waals surface area (Å²) in [5.41, 5.74) is 10.0. The Morgan fingerprint density at radius 2 is 2.00 bits per heavy atom. The minimum atomic E-state index is -1.31. The molecule has 0 aromatic rings. The molecule has 0 aromatic heterocycles. The molecule has 1 saturated heterocycles. The maximum absolute atomic E-state index is 6.12. The van der Waals surface area contributed by atoms with Crippen LogP contribution in [0.3, 0.4) is 0 Å². The van der Waals surface area contributed by atoms with Gasteiger partial charge in [0.2, 0.25) is 0 Å². The molecule has 0 saturated carbocycles. The molecular weight excluding hydrogens is 166 g/mol. The van der Waals surface area contributed by atoms with Crippen LogP contribution in [0.1, 0.15) is 19.3 Å². The van der Waals surface area contributed by atoms with Gasteiger partial charge >= 0.3 is 0 Å². The summed E-state index contributed by atoms with van der Waals surface area (Å²) >= 11 is 0. The van der Waals surface area contributed by atoms with Crippen LogP contribution in [0.5, 0.6) is 0 Å². The summed E-state index contributed by atoms with van der Waals surface area (Å²) in [6, 6.07) is 0. The topological polar surface area (TPSA) is 35.2 Å². The van der Waals surface area contributed by atoms with Crippen LogP contribution in [0.4, 0.5) is 0 Å². The lowest BCUT2D eigenvalue weighted by Crippen LogP contribution is -2.56. The van der Waals surface area contributed by atoms with Crippen LogP contribution in [0.25, 0.3) is 0 Å². The molecule has 2 N–H and O–H groups in total. The van der Waals surface area contributed by atoms with E-state index in [0.717, 1.165) is 19.4 Å². The Kier molecular flexibility index (Phi) is 3.26. The van der Waals surface area contributed by atoms with Crippen LogP contribution >= 0.6 is 0 Å². The fourth-order valence-corrected chi connectivity index (χ4v) is 3.43. The third-order valence-corrected chi connectivity index (χ3v) is 5.00. The van der Waals surface area contributed by atoms with Crippen molar-refractivity contribution in [3.8, 4) is 0 Å². The minimum Gasteiger partial charge on any atom is -0.364 e. The first-order valence-corrected chi connectivity index (χ1v) is 6.32. The zero-order valence-corrected chi connectivity index (χ0v) is 8.61. The highest BCUT2D eigenvalue weighted by molar-refractivity contribution is 6.71. The SMILES string of the molecule is C=C[SiH](C=C)C1(N)CCCCO1. The standard InChI is InChI=1S/C9H17NOSi/c1-3-12(4-2)9(10)7-5-6-8-11-9/h3-4,12H,1-2,5-8,10H2. The van der Waals surface area contributed by atoms with Crippen molar-refractivity contribution in [3.63, 3.8) is 0 Å². The second kappa shape index (κ2) is 4.03. The van der Waals surface area contributed by atoms with Crippen molar-refractivity contribution in [1.82, 2.24) is 0 Å². The maximum atomic E-state index is 6.12. The largest absolute Gasteiger partial charge is 0.364 e. The van der Waals surface area contributed by atoms with Crippen molar-refractivity contribution >= 4 is 8.80 Å². The summed E-state index contributed by atoms with van der Waals surface area (Å²) < 4.78 is 5.61. The highest BCUT2D eigenvalue weighted by Gasteiger charge is 2.34. The van der Waals surface area contributed by atoms with Gasteiger partial charge in [-0.15, -0.1) is 13.2 Å². The van der Waals surface area contributed by atoms with E-state index in [2.05, 4.69) is 13.2 Å². The number of ether oxygens (including phenoxy) is 1. The van der Waals surface area contributed by atoms with Gasteiger partial charge < -0.3 is 10.5 Å². The second-order valence-corrected chi connectivity index (χ2v) is 6.23. The zero-order valence-electron chi connectivity index (χ0n) is 7.46. The highest BCUT2D eigenvalue weighted by Crippen LogP contribution is 2.23. The third-order valence-electron chi connectivity index (χ3n) is 2.40. The van der Waals surface area contributed by atoms with E-state index in [1.54, 1.807) is 0 Å². The average Bonchev–Trinajstić information content (AvgIpc) is 2.07. The summed E-state index contributed by atoms with van der Waals surface area (Å²) in [5.74, 6) is 0. The molecule has 68 valence electrons. The van der Waals surface area contributed by atoms with E-state index in [1.807, 2.05) is 11.4 Å². The number of nitrogens with two attached hydrogens (primary N) is 1. The average molecular weight is 183 g/mol. The van der Waals surface area contributed by atoms with Gasteiger partial charge in [-0.25, -0.2) is 0 Å². The van der Waals surface area contributed by atoms with E-state index in [4.69, 9.17) is 10.5 Å². The fraction of sp³-hybridized carbons (Fsp3) is 0.556. The predicted molar refractivity (Wildman–Crippen MR) is 54.3 cm³/mol. The van der Waals surface area contributed by atoms with Gasteiger partial charge in [0.25, 0.3) is 0 Å². The number of hydrogen-bond acceptors (Lipinski definition) is 2. The molecule has 1 unspecified atom stereocenters. The monoisotopic (exact) mass is 183 g/mol. The van der Waals surface area contributed by atoms with Crippen LogP contribution in [0.2, 0.25) is 0 Å². The van der Waals surface area contributed by atoms with Gasteiger partial charge in [0, 0.05) is 6.61 Å². The van der Waals surface area contributed by atoms with E-state index in [1.165, 1.54) is 6.42 Å². The number of hydrogen-bond donors (Lipinski definition) is 1. The lowest BCUT2D eigenvalue weighted by atomic mass is 10.2. The molecule has 0 amide bonds. The van der Waals surface area contributed by atoms with Crippen molar-refractivity contribution < 1.29 is 4.74 Å². The van der Waals surface area contributed by atoms with Crippen LogP contribution in [-0.2, 0) is 4.74 Å². The predicted octanol–water partition coefficient (Wildman–Crippen LogP) is 1.06. The van der Waals surface area contributed by atoms with E-state index in [0.29, 0.717) is 0 Å². The first-order valence-electron chi connectivity index (χ1n) is 4.41. The molecule has 1 aliphatic rings. The lowest BCUT2D eigenvalue weighted by Gasteiger charge is -2.36. The van der Waals surface area contributed by atoms with Gasteiger partial charge in [0.15, 0.2) is 0 Å². The summed E-state index contributed by atoms with van der Waals surface area (Å²) in [7, 11) is -1.31. The maximum Gasteiger partial charge on any atom is 0.139 e. The molecule has 0 bridgehead atoms. The zero-order chi connectivity index (χ0) is 9.03. The summed E-state index contributed by atoms with van der Waals surface area (Å²) in [6.45, 7) is 8.36. The van der Waals surface area contributed by atoms with E-state index in [-0.39, 0.29) is 0 Å². The molecule has 3 heteroatoms. The van der Waals surface area contributed by atoms with Crippen molar-refractivity contribution in [1.29, 1.82) is 0 Å². The van der Waals surface area contributed by atoms with Crippen LogP contribution in [-0.4, -0.2) is 20.8 Å². The van der Waals surface area contributed by atoms with Crippen molar-refractivity contribution in [3.05, 3.63) is 24.6 Å². The Morgan fingerprint density at radius 1 is 1.33 bits per heavy atom. The van der Waals surface area contributed by atoms with Crippen molar-refractivity contribution in [2.24, 2.45) is 5.73 Å². The first-order chi connectivity index (χ1) is 5.73. The molecular formula is C9H17NOSi. The van der Waals surface area contributed by atoms with Crippen molar-refractivity contribution in [2.45, 2.75) is 24.6 Å². The normalized spacial score (nSPS) is 30.2. The molecule has 1 heterocycles. The van der Waals surface area contributed by atoms with E-state index >= 15 is 0 Å². The molecule has 1 rings (SSSR count). The molecule has 2 nitrogen and oxygen atoms in total. The van der Waals surface area contributed by atoms with E-state index in [9.17, 15) is 0 Å². The van der Waals surface area contributed by atoms with Crippen LogP contribution in [0.15, 0.2) is 24.6 Å². The smallest absolute Gasteiger partial charge is 0.139 e. The highest BCUT2D eigenvalue weighted by atomic mass is 28.3. The van der Waals surface area contributed by atoms with Gasteiger partial charge in [-0.05, 0) is 19.3 Å². The Bertz CT molecular complexity index is 167. The molecule has 12 heavy (non-hydrogen) atoms. The second-order valence-electron chi connectivity index (χ2n) is 3.26. The number of rotatable bonds is 3. The van der Waals surface area contributed by atoms with Gasteiger partial charge in [-0.1, -0.05) is 11.4 Å².